The van der Waals surface area contributed by atoms with Gasteiger partial charge in [-0.3, -0.25) is 30.0 Å². The van der Waals surface area contributed by atoms with Crippen molar-refractivity contribution in [3.63, 3.8) is 0 Å². The molecule has 0 bridgehead atoms. The molecule has 30 heavy (non-hydrogen) atoms. The number of anilines is 1. The van der Waals surface area contributed by atoms with Crippen molar-refractivity contribution < 1.29 is 19.2 Å². The Hall–Kier alpha value is -2.90. The van der Waals surface area contributed by atoms with E-state index in [1.54, 1.807) is 4.90 Å². The van der Waals surface area contributed by atoms with E-state index >= 15 is 0 Å². The van der Waals surface area contributed by atoms with E-state index in [1.807, 2.05) is 6.07 Å². The number of carbonyl (C=O) groups is 4. The van der Waals surface area contributed by atoms with Crippen LogP contribution >= 0.6 is 0 Å². The first-order chi connectivity index (χ1) is 14.5. The van der Waals surface area contributed by atoms with Crippen molar-refractivity contribution in [2.45, 2.75) is 51.4 Å². The van der Waals surface area contributed by atoms with Crippen LogP contribution in [-0.2, 0) is 32.0 Å². The second-order valence-corrected chi connectivity index (χ2v) is 8.38. The SMILES string of the molecule is O=C(CN1CCCCCC1=O)NNC(=O)C1CC(=O)N(c2ccc3c(c2)CCC3)C1. The average Bonchev–Trinajstić information content (AvgIpc) is 3.31. The Morgan fingerprint density at radius 2 is 1.77 bits per heavy atom. The number of hydrazine groups is 1. The van der Waals surface area contributed by atoms with Crippen molar-refractivity contribution in [3.05, 3.63) is 29.3 Å². The molecule has 2 N–H and O–H groups in total. The minimum absolute atomic E-state index is 0.0274. The third-order valence-electron chi connectivity index (χ3n) is 6.22. The maximum atomic E-state index is 12.5. The Morgan fingerprint density at radius 1 is 0.933 bits per heavy atom. The molecule has 2 saturated heterocycles. The van der Waals surface area contributed by atoms with E-state index < -0.39 is 11.8 Å². The van der Waals surface area contributed by atoms with Gasteiger partial charge in [-0.05, 0) is 55.4 Å². The molecule has 1 aromatic carbocycles. The van der Waals surface area contributed by atoms with Crippen LogP contribution in [0, 0.1) is 5.92 Å². The van der Waals surface area contributed by atoms with E-state index in [9.17, 15) is 19.2 Å². The van der Waals surface area contributed by atoms with E-state index in [4.69, 9.17) is 0 Å². The average molecular weight is 412 g/mol. The van der Waals surface area contributed by atoms with Crippen molar-refractivity contribution in [1.29, 1.82) is 0 Å². The number of fused-ring (bicyclic) bond motifs is 1. The maximum absolute atomic E-state index is 12.5. The molecule has 8 heteroatoms. The maximum Gasteiger partial charge on any atom is 0.257 e. The van der Waals surface area contributed by atoms with Gasteiger partial charge in [-0.2, -0.15) is 0 Å². The van der Waals surface area contributed by atoms with Crippen molar-refractivity contribution in [2.24, 2.45) is 5.92 Å². The fraction of sp³-hybridized carbons (Fsp3) is 0.545. The summed E-state index contributed by atoms with van der Waals surface area (Å²) in [7, 11) is 0. The standard InChI is InChI=1S/C22H28N4O4/c27-19(14-25-10-3-1-2-7-20(25)28)23-24-22(30)17-12-21(29)26(13-17)18-9-8-15-5-4-6-16(15)11-18/h8-9,11,17H,1-7,10,12-14H2,(H,23,27)(H,24,30). The quantitative estimate of drug-likeness (QED) is 0.723. The monoisotopic (exact) mass is 412 g/mol. The number of hydrogen-bond acceptors (Lipinski definition) is 4. The van der Waals surface area contributed by atoms with Crippen LogP contribution in [0.3, 0.4) is 0 Å². The zero-order valence-corrected chi connectivity index (χ0v) is 17.1. The molecule has 8 nitrogen and oxygen atoms in total. The summed E-state index contributed by atoms with van der Waals surface area (Å²) in [6.07, 6.45) is 6.54. The topological polar surface area (TPSA) is 98.8 Å². The summed E-state index contributed by atoms with van der Waals surface area (Å²) in [6, 6.07) is 6.07. The van der Waals surface area contributed by atoms with Crippen LogP contribution in [0.5, 0.6) is 0 Å². The van der Waals surface area contributed by atoms with Crippen LogP contribution in [0.4, 0.5) is 5.69 Å². The number of aryl methyl sites for hydroxylation is 2. The minimum Gasteiger partial charge on any atom is -0.333 e. The molecular formula is C22H28N4O4. The Morgan fingerprint density at radius 3 is 2.63 bits per heavy atom. The number of carbonyl (C=O) groups excluding carboxylic acids is 4. The molecule has 2 aliphatic heterocycles. The van der Waals surface area contributed by atoms with E-state index in [0.29, 0.717) is 19.5 Å². The largest absolute Gasteiger partial charge is 0.333 e. The molecule has 1 aliphatic carbocycles. The first-order valence-electron chi connectivity index (χ1n) is 10.8. The zero-order valence-electron chi connectivity index (χ0n) is 17.1. The van der Waals surface area contributed by atoms with Crippen molar-refractivity contribution in [1.82, 2.24) is 15.8 Å². The lowest BCUT2D eigenvalue weighted by Gasteiger charge is -2.20. The van der Waals surface area contributed by atoms with Crippen LogP contribution < -0.4 is 15.8 Å². The molecule has 2 heterocycles. The number of hydrogen-bond donors (Lipinski definition) is 2. The first kappa shape index (κ1) is 20.4. The van der Waals surface area contributed by atoms with Crippen molar-refractivity contribution >= 4 is 29.3 Å². The van der Waals surface area contributed by atoms with Crippen LogP contribution in [-0.4, -0.2) is 48.2 Å². The lowest BCUT2D eigenvalue weighted by atomic mass is 10.1. The molecule has 0 spiro atoms. The number of likely N-dealkylation sites (tertiary alicyclic amines) is 1. The van der Waals surface area contributed by atoms with Gasteiger partial charge < -0.3 is 9.80 Å². The molecular weight excluding hydrogens is 384 g/mol. The summed E-state index contributed by atoms with van der Waals surface area (Å²) in [5.74, 6) is -1.46. The summed E-state index contributed by atoms with van der Waals surface area (Å²) in [4.78, 5) is 52.3. The number of rotatable bonds is 4. The molecule has 160 valence electrons. The van der Waals surface area contributed by atoms with E-state index in [-0.39, 0.29) is 30.7 Å². The van der Waals surface area contributed by atoms with Crippen LogP contribution in [0.25, 0.3) is 0 Å². The lowest BCUT2D eigenvalue weighted by Crippen LogP contribution is -2.49. The van der Waals surface area contributed by atoms with Gasteiger partial charge in [0, 0.05) is 31.6 Å². The summed E-state index contributed by atoms with van der Waals surface area (Å²) in [6.45, 7) is 0.793. The summed E-state index contributed by atoms with van der Waals surface area (Å²) < 4.78 is 0. The molecule has 3 aliphatic rings. The highest BCUT2D eigenvalue weighted by atomic mass is 16.2. The Balaban J connectivity index is 1.28. The number of nitrogens with one attached hydrogen (secondary N) is 2. The number of nitrogens with zero attached hydrogens (tertiary/aromatic N) is 2. The lowest BCUT2D eigenvalue weighted by molar-refractivity contribution is -0.137. The zero-order chi connectivity index (χ0) is 21.1. The van der Waals surface area contributed by atoms with Crippen molar-refractivity contribution in [3.8, 4) is 0 Å². The third-order valence-corrected chi connectivity index (χ3v) is 6.22. The van der Waals surface area contributed by atoms with Gasteiger partial charge in [0.2, 0.25) is 17.7 Å². The molecule has 0 radical (unpaired) electrons. The molecule has 1 atom stereocenters. The van der Waals surface area contributed by atoms with Gasteiger partial charge in [0.1, 0.15) is 6.54 Å². The highest BCUT2D eigenvalue weighted by Crippen LogP contribution is 2.30. The van der Waals surface area contributed by atoms with Gasteiger partial charge >= 0.3 is 0 Å². The van der Waals surface area contributed by atoms with Crippen molar-refractivity contribution in [2.75, 3.05) is 24.5 Å². The third kappa shape index (κ3) is 4.47. The van der Waals surface area contributed by atoms with Gasteiger partial charge in [-0.15, -0.1) is 0 Å². The first-order valence-corrected chi connectivity index (χ1v) is 10.8. The van der Waals surface area contributed by atoms with Gasteiger partial charge in [0.25, 0.3) is 5.91 Å². The molecule has 4 rings (SSSR count). The Bertz CT molecular complexity index is 869. The van der Waals surface area contributed by atoms with Gasteiger partial charge in [-0.1, -0.05) is 12.5 Å². The van der Waals surface area contributed by atoms with Gasteiger partial charge in [0.05, 0.1) is 5.92 Å². The summed E-state index contributed by atoms with van der Waals surface area (Å²) in [5.41, 5.74) is 8.26. The second kappa shape index (κ2) is 8.85. The fourth-order valence-electron chi connectivity index (χ4n) is 4.51. The Labute approximate surface area is 175 Å². The predicted molar refractivity (Wildman–Crippen MR) is 110 cm³/mol. The van der Waals surface area contributed by atoms with Gasteiger partial charge in [-0.25, -0.2) is 0 Å². The molecule has 1 aromatic rings. The van der Waals surface area contributed by atoms with Crippen LogP contribution in [0.1, 0.15) is 49.7 Å². The minimum atomic E-state index is -0.522. The molecule has 4 amide bonds. The fourth-order valence-corrected chi connectivity index (χ4v) is 4.51. The smallest absolute Gasteiger partial charge is 0.257 e. The molecule has 2 fully saturated rings. The number of amides is 4. The summed E-state index contributed by atoms with van der Waals surface area (Å²) >= 11 is 0. The molecule has 0 saturated carbocycles. The van der Waals surface area contributed by atoms with Gasteiger partial charge in [0.15, 0.2) is 0 Å². The van der Waals surface area contributed by atoms with E-state index in [1.165, 1.54) is 16.0 Å². The highest BCUT2D eigenvalue weighted by molar-refractivity contribution is 6.00. The normalized spacial score (nSPS) is 21.4. The van der Waals surface area contributed by atoms with Crippen LogP contribution in [0.15, 0.2) is 18.2 Å². The van der Waals surface area contributed by atoms with Crippen LogP contribution in [0.2, 0.25) is 0 Å². The summed E-state index contributed by atoms with van der Waals surface area (Å²) in [5, 5.41) is 0. The molecule has 0 aromatic heterocycles. The van der Waals surface area contributed by atoms with E-state index in [2.05, 4.69) is 23.0 Å². The molecule has 1 unspecified atom stereocenters. The highest BCUT2D eigenvalue weighted by Gasteiger charge is 2.35. The number of benzene rings is 1. The Kier molecular flexibility index (Phi) is 6.01. The van der Waals surface area contributed by atoms with E-state index in [0.717, 1.165) is 44.2 Å². The predicted octanol–water partition coefficient (Wildman–Crippen LogP) is 1.08. The second-order valence-electron chi connectivity index (χ2n) is 8.38.